The lowest BCUT2D eigenvalue weighted by molar-refractivity contribution is -0.146. The molecule has 120 valence electrons. The molecule has 1 aromatic heterocycles. The first kappa shape index (κ1) is 15.4. The van der Waals surface area contributed by atoms with Crippen LogP contribution in [0.3, 0.4) is 0 Å². The maximum atomic E-state index is 12.9. The van der Waals surface area contributed by atoms with E-state index in [2.05, 4.69) is 4.98 Å². The lowest BCUT2D eigenvalue weighted by Gasteiger charge is -2.35. The van der Waals surface area contributed by atoms with Gasteiger partial charge in [-0.05, 0) is 12.3 Å². The fourth-order valence-corrected chi connectivity index (χ4v) is 4.23. The maximum absolute atomic E-state index is 12.9. The third-order valence-electron chi connectivity index (χ3n) is 4.69. The van der Waals surface area contributed by atoms with E-state index in [0.29, 0.717) is 19.8 Å². The van der Waals surface area contributed by atoms with Crippen molar-refractivity contribution >= 4 is 23.2 Å². The molecule has 1 amide bonds. The molecule has 2 fully saturated rings. The molecule has 3 rings (SSSR count). The van der Waals surface area contributed by atoms with Gasteiger partial charge in [0.15, 0.2) is 0 Å². The molecule has 1 aliphatic heterocycles. The van der Waals surface area contributed by atoms with Crippen LogP contribution >= 0.6 is 11.3 Å². The predicted molar refractivity (Wildman–Crippen MR) is 80.5 cm³/mol. The minimum absolute atomic E-state index is 0.0847. The van der Waals surface area contributed by atoms with Gasteiger partial charge in [0, 0.05) is 17.6 Å². The van der Waals surface area contributed by atoms with Crippen LogP contribution in [0.2, 0.25) is 0 Å². The summed E-state index contributed by atoms with van der Waals surface area (Å²) >= 11 is 1.52. The van der Waals surface area contributed by atoms with E-state index in [1.54, 1.807) is 4.90 Å². The minimum Gasteiger partial charge on any atom is -0.481 e. The van der Waals surface area contributed by atoms with Gasteiger partial charge in [-0.3, -0.25) is 9.59 Å². The highest BCUT2D eigenvalue weighted by atomic mass is 32.1. The number of aliphatic carboxylic acids is 1. The van der Waals surface area contributed by atoms with Crippen LogP contribution < -0.4 is 0 Å². The van der Waals surface area contributed by atoms with Gasteiger partial charge in [0.05, 0.1) is 25.0 Å². The number of aryl methyl sites for hydroxylation is 1. The van der Waals surface area contributed by atoms with Crippen LogP contribution in [0.15, 0.2) is 5.38 Å². The quantitative estimate of drug-likeness (QED) is 0.915. The van der Waals surface area contributed by atoms with Crippen molar-refractivity contribution in [2.24, 2.45) is 17.3 Å². The Kier molecular flexibility index (Phi) is 3.72. The van der Waals surface area contributed by atoms with Gasteiger partial charge in [-0.25, -0.2) is 4.98 Å². The van der Waals surface area contributed by atoms with Crippen molar-refractivity contribution in [2.45, 2.75) is 26.8 Å². The van der Waals surface area contributed by atoms with Crippen molar-refractivity contribution in [3.63, 3.8) is 0 Å². The molecule has 22 heavy (non-hydrogen) atoms. The number of hydrogen-bond donors (Lipinski definition) is 1. The number of amides is 1. The first-order valence-corrected chi connectivity index (χ1v) is 8.25. The summed E-state index contributed by atoms with van der Waals surface area (Å²) in [5.74, 6) is -2.02. The summed E-state index contributed by atoms with van der Waals surface area (Å²) in [5.41, 5.74) is 0.443. The van der Waals surface area contributed by atoms with Crippen molar-refractivity contribution < 1.29 is 19.4 Å². The highest BCUT2D eigenvalue weighted by Gasteiger charge is 2.67. The molecule has 1 N–H and O–H groups in total. The molecule has 7 heteroatoms. The molecule has 3 atom stereocenters. The number of aromatic nitrogens is 1. The van der Waals surface area contributed by atoms with E-state index in [9.17, 15) is 14.7 Å². The van der Waals surface area contributed by atoms with Crippen molar-refractivity contribution in [1.82, 2.24) is 9.88 Å². The minimum atomic E-state index is -0.891. The second kappa shape index (κ2) is 5.31. The predicted octanol–water partition coefficient (Wildman–Crippen LogP) is 1.71. The Morgan fingerprint density at radius 1 is 1.45 bits per heavy atom. The molecule has 0 aromatic carbocycles. The lowest BCUT2D eigenvalue weighted by atomic mass is 10.1. The fraction of sp³-hybridized carbons (Fsp3) is 0.667. The van der Waals surface area contributed by atoms with Gasteiger partial charge in [0.25, 0.3) is 0 Å². The number of nitrogens with zero attached hydrogens (tertiary/aromatic N) is 2. The standard InChI is InChI=1S/C15H20N2O4S/c1-8-7-22-12(16-8)9-6-21-5-4-17(9)13(18)10-11(14(19)20)15(10,2)3/h7,9-11H,4-6H2,1-3H3,(H,19,20)/t9?,10-,11+/m0/s1. The van der Waals surface area contributed by atoms with Crippen LogP contribution in [0.1, 0.15) is 30.6 Å². The van der Waals surface area contributed by atoms with Gasteiger partial charge in [-0.1, -0.05) is 13.8 Å². The van der Waals surface area contributed by atoms with Gasteiger partial charge >= 0.3 is 5.97 Å². The monoisotopic (exact) mass is 324 g/mol. The molecule has 1 aromatic rings. The van der Waals surface area contributed by atoms with E-state index >= 15 is 0 Å². The number of morpholine rings is 1. The fourth-order valence-electron chi connectivity index (χ4n) is 3.34. The molecule has 2 aliphatic rings. The summed E-state index contributed by atoms with van der Waals surface area (Å²) in [4.78, 5) is 30.4. The van der Waals surface area contributed by atoms with Crippen LogP contribution in [0.5, 0.6) is 0 Å². The molecule has 1 saturated carbocycles. The van der Waals surface area contributed by atoms with Crippen LogP contribution in [0.4, 0.5) is 0 Å². The Bertz CT molecular complexity index is 612. The third kappa shape index (κ3) is 2.42. The summed E-state index contributed by atoms with van der Waals surface area (Å²) < 4.78 is 5.51. The number of carboxylic acid groups (broad SMARTS) is 1. The molecule has 2 heterocycles. The number of carbonyl (C=O) groups excluding carboxylic acids is 1. The second-order valence-electron chi connectivity index (χ2n) is 6.56. The zero-order chi connectivity index (χ0) is 16.1. The summed E-state index contributed by atoms with van der Waals surface area (Å²) in [6.07, 6.45) is 0. The zero-order valence-corrected chi connectivity index (χ0v) is 13.7. The molecule has 1 unspecified atom stereocenters. The smallest absolute Gasteiger partial charge is 0.307 e. The highest BCUT2D eigenvalue weighted by Crippen LogP contribution is 2.59. The number of ether oxygens (including phenoxy) is 1. The number of carboxylic acids is 1. The number of carbonyl (C=O) groups is 2. The Balaban J connectivity index is 1.82. The van der Waals surface area contributed by atoms with Crippen molar-refractivity contribution in [1.29, 1.82) is 0 Å². The van der Waals surface area contributed by atoms with Crippen LogP contribution in [-0.4, -0.2) is 46.6 Å². The van der Waals surface area contributed by atoms with Crippen molar-refractivity contribution in [3.8, 4) is 0 Å². The van der Waals surface area contributed by atoms with Crippen LogP contribution in [0.25, 0.3) is 0 Å². The van der Waals surface area contributed by atoms with E-state index in [4.69, 9.17) is 4.74 Å². The Morgan fingerprint density at radius 2 is 2.18 bits per heavy atom. The second-order valence-corrected chi connectivity index (χ2v) is 7.45. The topological polar surface area (TPSA) is 79.7 Å². The lowest BCUT2D eigenvalue weighted by Crippen LogP contribution is -2.44. The SMILES string of the molecule is Cc1csc(C2COCCN2C(=O)[C@@H]2[C@H](C(=O)O)C2(C)C)n1. The van der Waals surface area contributed by atoms with E-state index in [0.717, 1.165) is 10.7 Å². The molecule has 0 radical (unpaired) electrons. The summed E-state index contributed by atoms with van der Waals surface area (Å²) in [7, 11) is 0. The molecule has 6 nitrogen and oxygen atoms in total. The highest BCUT2D eigenvalue weighted by molar-refractivity contribution is 7.09. The largest absolute Gasteiger partial charge is 0.481 e. The van der Waals surface area contributed by atoms with E-state index in [-0.39, 0.29) is 11.9 Å². The van der Waals surface area contributed by atoms with Crippen molar-refractivity contribution in [2.75, 3.05) is 19.8 Å². The summed E-state index contributed by atoms with van der Waals surface area (Å²) in [6.45, 7) is 7.00. The van der Waals surface area contributed by atoms with E-state index < -0.39 is 23.2 Å². The van der Waals surface area contributed by atoms with Gasteiger partial charge < -0.3 is 14.7 Å². The van der Waals surface area contributed by atoms with Gasteiger partial charge in [0.2, 0.25) is 5.91 Å². The number of hydrogen-bond acceptors (Lipinski definition) is 5. The van der Waals surface area contributed by atoms with Gasteiger partial charge in [0.1, 0.15) is 11.0 Å². The normalized spacial score (nSPS) is 30.1. The Hall–Kier alpha value is -1.47. The van der Waals surface area contributed by atoms with Crippen molar-refractivity contribution in [3.05, 3.63) is 16.1 Å². The maximum Gasteiger partial charge on any atom is 0.307 e. The van der Waals surface area contributed by atoms with Crippen LogP contribution in [-0.2, 0) is 14.3 Å². The van der Waals surface area contributed by atoms with Gasteiger partial charge in [-0.2, -0.15) is 0 Å². The third-order valence-corrected chi connectivity index (χ3v) is 5.76. The molecule has 1 saturated heterocycles. The van der Waals surface area contributed by atoms with Gasteiger partial charge in [-0.15, -0.1) is 11.3 Å². The zero-order valence-electron chi connectivity index (χ0n) is 12.9. The average molecular weight is 324 g/mol. The molecular weight excluding hydrogens is 304 g/mol. The molecule has 1 aliphatic carbocycles. The number of thiazole rings is 1. The molecular formula is C15H20N2O4S. The first-order valence-electron chi connectivity index (χ1n) is 7.37. The molecule has 0 bridgehead atoms. The molecule has 0 spiro atoms. The van der Waals surface area contributed by atoms with Crippen LogP contribution in [0, 0.1) is 24.2 Å². The number of rotatable bonds is 3. The average Bonchev–Trinajstić information content (AvgIpc) is 2.81. The first-order chi connectivity index (χ1) is 10.3. The summed E-state index contributed by atoms with van der Waals surface area (Å²) in [6, 6.07) is -0.203. The van der Waals surface area contributed by atoms with E-state index in [1.807, 2.05) is 26.2 Å². The van der Waals surface area contributed by atoms with E-state index in [1.165, 1.54) is 11.3 Å². The summed E-state index contributed by atoms with van der Waals surface area (Å²) in [5, 5.41) is 12.1. The Morgan fingerprint density at radius 3 is 2.73 bits per heavy atom. The Labute approximate surface area is 133 Å².